The highest BCUT2D eigenvalue weighted by atomic mass is 16.2. The second-order valence-corrected chi connectivity index (χ2v) is 6.70. The van der Waals surface area contributed by atoms with Crippen molar-refractivity contribution in [1.82, 2.24) is 24.9 Å². The number of hydrogen-bond donors (Lipinski definition) is 1. The molecule has 0 aromatic carbocycles. The second kappa shape index (κ2) is 7.63. The minimum absolute atomic E-state index is 0.109. The Morgan fingerprint density at radius 2 is 2.24 bits per heavy atom. The summed E-state index contributed by atoms with van der Waals surface area (Å²) in [6.07, 6.45) is 3.81. The van der Waals surface area contributed by atoms with Crippen LogP contribution in [0.2, 0.25) is 0 Å². The van der Waals surface area contributed by atoms with Gasteiger partial charge in [-0.05, 0) is 38.3 Å². The number of nitrogens with zero attached hydrogens (tertiary/aromatic N) is 4. The summed E-state index contributed by atoms with van der Waals surface area (Å²) < 4.78 is 1.40. The minimum Gasteiger partial charge on any atom is -0.337 e. The average Bonchev–Trinajstić information content (AvgIpc) is 3.07. The SMILES string of the molecule is CCCCn1nc(C(=O)N2CCC[C@H](c3cc(C)[nH]n3)C2)ccc1=O. The van der Waals surface area contributed by atoms with E-state index in [0.29, 0.717) is 25.3 Å². The van der Waals surface area contributed by atoms with E-state index in [4.69, 9.17) is 0 Å². The lowest BCUT2D eigenvalue weighted by atomic mass is 9.94. The van der Waals surface area contributed by atoms with Gasteiger partial charge in [-0.25, -0.2) is 4.68 Å². The third-order valence-corrected chi connectivity index (χ3v) is 4.66. The van der Waals surface area contributed by atoms with Crippen molar-refractivity contribution in [1.29, 1.82) is 0 Å². The first-order chi connectivity index (χ1) is 12.1. The zero-order valence-electron chi connectivity index (χ0n) is 14.9. The van der Waals surface area contributed by atoms with Crippen molar-refractivity contribution in [2.24, 2.45) is 0 Å². The molecule has 0 unspecified atom stereocenters. The Morgan fingerprint density at radius 3 is 2.96 bits per heavy atom. The van der Waals surface area contributed by atoms with Crippen LogP contribution >= 0.6 is 0 Å². The quantitative estimate of drug-likeness (QED) is 0.901. The van der Waals surface area contributed by atoms with Gasteiger partial charge in [-0.1, -0.05) is 13.3 Å². The molecule has 7 heteroatoms. The van der Waals surface area contributed by atoms with Gasteiger partial charge in [-0.3, -0.25) is 14.7 Å². The number of carbonyl (C=O) groups excluding carboxylic acids is 1. The molecule has 1 aliphatic rings. The van der Waals surface area contributed by atoms with E-state index >= 15 is 0 Å². The maximum absolute atomic E-state index is 12.8. The van der Waals surface area contributed by atoms with Crippen LogP contribution < -0.4 is 5.56 Å². The van der Waals surface area contributed by atoms with Crippen molar-refractivity contribution < 1.29 is 4.79 Å². The van der Waals surface area contributed by atoms with Gasteiger partial charge in [-0.2, -0.15) is 10.2 Å². The number of hydrogen-bond acceptors (Lipinski definition) is 4. The molecule has 0 aliphatic carbocycles. The van der Waals surface area contributed by atoms with Gasteiger partial charge in [0.15, 0.2) is 0 Å². The van der Waals surface area contributed by atoms with Crippen LogP contribution in [0, 0.1) is 6.92 Å². The molecule has 1 amide bonds. The summed E-state index contributed by atoms with van der Waals surface area (Å²) in [6, 6.07) is 5.02. The van der Waals surface area contributed by atoms with Crippen molar-refractivity contribution in [2.75, 3.05) is 13.1 Å². The lowest BCUT2D eigenvalue weighted by Crippen LogP contribution is -2.40. The topological polar surface area (TPSA) is 83.9 Å². The Hall–Kier alpha value is -2.44. The first-order valence-electron chi connectivity index (χ1n) is 8.98. The Kier molecular flexibility index (Phi) is 5.31. The zero-order chi connectivity index (χ0) is 17.8. The van der Waals surface area contributed by atoms with E-state index in [0.717, 1.165) is 37.1 Å². The highest BCUT2D eigenvalue weighted by Crippen LogP contribution is 2.26. The number of rotatable bonds is 5. The largest absolute Gasteiger partial charge is 0.337 e. The number of piperidine rings is 1. The lowest BCUT2D eigenvalue weighted by Gasteiger charge is -2.31. The van der Waals surface area contributed by atoms with Gasteiger partial charge >= 0.3 is 0 Å². The fourth-order valence-corrected chi connectivity index (χ4v) is 3.24. The van der Waals surface area contributed by atoms with Crippen LogP contribution in [-0.2, 0) is 6.54 Å². The Bertz CT molecular complexity index is 795. The third-order valence-electron chi connectivity index (χ3n) is 4.66. The van der Waals surface area contributed by atoms with Crippen LogP contribution in [0.5, 0.6) is 0 Å². The minimum atomic E-state index is -0.159. The Labute approximate surface area is 147 Å². The van der Waals surface area contributed by atoms with Crippen LogP contribution in [0.15, 0.2) is 23.0 Å². The number of H-pyrrole nitrogens is 1. The van der Waals surface area contributed by atoms with E-state index in [1.807, 2.05) is 17.9 Å². The predicted octanol–water partition coefficient (Wildman–Crippen LogP) is 2.09. The fourth-order valence-electron chi connectivity index (χ4n) is 3.24. The maximum Gasteiger partial charge on any atom is 0.274 e. The Morgan fingerprint density at radius 1 is 1.40 bits per heavy atom. The summed E-state index contributed by atoms with van der Waals surface area (Å²) in [7, 11) is 0. The average molecular weight is 343 g/mol. The molecule has 3 rings (SSSR count). The van der Waals surface area contributed by atoms with Gasteiger partial charge in [0, 0.05) is 37.3 Å². The molecule has 2 aromatic heterocycles. The summed E-state index contributed by atoms with van der Waals surface area (Å²) in [4.78, 5) is 26.5. The molecule has 25 heavy (non-hydrogen) atoms. The molecular formula is C18H25N5O2. The van der Waals surface area contributed by atoms with E-state index in [2.05, 4.69) is 22.2 Å². The molecule has 0 radical (unpaired) electrons. The monoisotopic (exact) mass is 343 g/mol. The van der Waals surface area contributed by atoms with Crippen LogP contribution in [0.25, 0.3) is 0 Å². The molecule has 1 saturated heterocycles. The predicted molar refractivity (Wildman–Crippen MR) is 94.6 cm³/mol. The van der Waals surface area contributed by atoms with E-state index < -0.39 is 0 Å². The first kappa shape index (κ1) is 17.4. The molecule has 0 saturated carbocycles. The molecule has 3 heterocycles. The molecule has 1 atom stereocenters. The highest BCUT2D eigenvalue weighted by Gasteiger charge is 2.27. The Balaban J connectivity index is 1.75. The smallest absolute Gasteiger partial charge is 0.274 e. The second-order valence-electron chi connectivity index (χ2n) is 6.70. The normalized spacial score (nSPS) is 17.7. The summed E-state index contributed by atoms with van der Waals surface area (Å²) in [6.45, 7) is 5.94. The van der Waals surface area contributed by atoms with Gasteiger partial charge < -0.3 is 4.90 Å². The number of likely N-dealkylation sites (tertiary alicyclic amines) is 1. The molecule has 7 nitrogen and oxygen atoms in total. The highest BCUT2D eigenvalue weighted by molar-refractivity contribution is 5.92. The van der Waals surface area contributed by atoms with Crippen molar-refractivity contribution in [3.63, 3.8) is 0 Å². The van der Waals surface area contributed by atoms with Gasteiger partial charge in [0.1, 0.15) is 5.69 Å². The van der Waals surface area contributed by atoms with Gasteiger partial charge in [0.2, 0.25) is 0 Å². The molecule has 0 bridgehead atoms. The van der Waals surface area contributed by atoms with E-state index in [1.54, 1.807) is 0 Å². The van der Waals surface area contributed by atoms with E-state index in [-0.39, 0.29) is 17.4 Å². The van der Waals surface area contributed by atoms with Gasteiger partial charge in [-0.15, -0.1) is 0 Å². The van der Waals surface area contributed by atoms with Crippen molar-refractivity contribution in [3.05, 3.63) is 45.6 Å². The van der Waals surface area contributed by atoms with Crippen LogP contribution in [-0.4, -0.2) is 43.9 Å². The molecule has 1 fully saturated rings. The summed E-state index contributed by atoms with van der Waals surface area (Å²) >= 11 is 0. The van der Waals surface area contributed by atoms with Crippen molar-refractivity contribution >= 4 is 5.91 Å². The van der Waals surface area contributed by atoms with E-state index in [1.165, 1.54) is 16.8 Å². The molecular weight excluding hydrogens is 318 g/mol. The summed E-state index contributed by atoms with van der Waals surface area (Å²) in [5.41, 5.74) is 2.22. The van der Waals surface area contributed by atoms with Crippen molar-refractivity contribution in [2.45, 2.75) is 52.0 Å². The number of carbonyl (C=O) groups is 1. The van der Waals surface area contributed by atoms with Crippen LogP contribution in [0.3, 0.4) is 0 Å². The molecule has 2 aromatic rings. The maximum atomic E-state index is 12.8. The zero-order valence-corrected chi connectivity index (χ0v) is 14.9. The van der Waals surface area contributed by atoms with Crippen LogP contribution in [0.1, 0.15) is 60.4 Å². The van der Waals surface area contributed by atoms with Crippen LogP contribution in [0.4, 0.5) is 0 Å². The number of aromatic nitrogens is 4. The fraction of sp³-hybridized carbons (Fsp3) is 0.556. The molecule has 1 aliphatic heterocycles. The first-order valence-corrected chi connectivity index (χ1v) is 8.98. The number of unbranched alkanes of at least 4 members (excludes halogenated alkanes) is 1. The molecule has 1 N–H and O–H groups in total. The summed E-state index contributed by atoms with van der Waals surface area (Å²) in [5.74, 6) is 0.135. The number of amides is 1. The van der Waals surface area contributed by atoms with Gasteiger partial charge in [0.05, 0.1) is 5.69 Å². The number of aromatic amines is 1. The van der Waals surface area contributed by atoms with Crippen molar-refractivity contribution in [3.8, 4) is 0 Å². The molecule has 134 valence electrons. The standard InChI is InChI=1S/C18H25N5O2/c1-3-4-10-23-17(24)8-7-15(21-23)18(25)22-9-5-6-14(12-22)16-11-13(2)19-20-16/h7-8,11,14H,3-6,9-10,12H2,1-2H3,(H,19,20)/t14-/m0/s1. The van der Waals surface area contributed by atoms with Gasteiger partial charge in [0.25, 0.3) is 11.5 Å². The molecule has 0 spiro atoms. The lowest BCUT2D eigenvalue weighted by molar-refractivity contribution is 0.0697. The number of nitrogens with one attached hydrogen (secondary N) is 1. The van der Waals surface area contributed by atoms with E-state index in [9.17, 15) is 9.59 Å². The third kappa shape index (κ3) is 3.97. The number of aryl methyl sites for hydroxylation is 2. The summed E-state index contributed by atoms with van der Waals surface area (Å²) in [5, 5.41) is 11.6.